The maximum atomic E-state index is 16.2. The lowest BCUT2D eigenvalue weighted by Crippen LogP contribution is -2.59. The van der Waals surface area contributed by atoms with Crippen molar-refractivity contribution in [1.29, 1.82) is 5.53 Å². The van der Waals surface area contributed by atoms with Crippen LogP contribution in [0.15, 0.2) is 35.6 Å². The van der Waals surface area contributed by atoms with Crippen LogP contribution in [-0.2, 0) is 0 Å². The highest BCUT2D eigenvalue weighted by Gasteiger charge is 2.45. The van der Waals surface area contributed by atoms with E-state index in [2.05, 4.69) is 25.8 Å². The van der Waals surface area contributed by atoms with Crippen molar-refractivity contribution in [3.8, 4) is 17.0 Å². The summed E-state index contributed by atoms with van der Waals surface area (Å²) in [5.74, 6) is 0.417. The van der Waals surface area contributed by atoms with E-state index in [1.807, 2.05) is 0 Å². The lowest BCUT2D eigenvalue weighted by Gasteiger charge is -2.43. The van der Waals surface area contributed by atoms with Crippen molar-refractivity contribution in [3.63, 3.8) is 0 Å². The number of fused-ring (bicyclic) bond motifs is 1. The van der Waals surface area contributed by atoms with Gasteiger partial charge >= 0.3 is 6.03 Å². The third-order valence-corrected chi connectivity index (χ3v) is 7.85. The van der Waals surface area contributed by atoms with E-state index in [9.17, 15) is 13.6 Å². The molecule has 4 heterocycles. The smallest absolute Gasteiger partial charge is 0.320 e. The summed E-state index contributed by atoms with van der Waals surface area (Å²) >= 11 is 0. The number of carbonyl (C=O) groups excluding carboxylic acids is 1. The van der Waals surface area contributed by atoms with Gasteiger partial charge in [0.05, 0.1) is 31.9 Å². The molecule has 2 aromatic heterocycles. The van der Waals surface area contributed by atoms with Gasteiger partial charge in [-0.15, -0.1) is 5.10 Å². The van der Waals surface area contributed by atoms with E-state index in [0.29, 0.717) is 48.4 Å². The number of nitrogens with zero attached hydrogens (tertiary/aromatic N) is 6. The number of halogens is 3. The number of carbonyl (C=O) groups is 1. The monoisotopic (exact) mass is 573 g/mol. The first-order valence-electron chi connectivity index (χ1n) is 13.7. The first-order valence-corrected chi connectivity index (χ1v) is 13.7. The Morgan fingerprint density at radius 2 is 2.02 bits per heavy atom. The molecular formula is C27H34F3N9O2. The molecule has 0 spiro atoms. The highest BCUT2D eigenvalue weighted by atomic mass is 19.3. The van der Waals surface area contributed by atoms with Crippen molar-refractivity contribution in [2.45, 2.75) is 50.7 Å². The number of ether oxygens (including phenoxy) is 1. The molecule has 3 N–H and O–H groups in total. The summed E-state index contributed by atoms with van der Waals surface area (Å²) in [6.45, 7) is 3.03. The molecule has 2 atom stereocenters. The van der Waals surface area contributed by atoms with Gasteiger partial charge in [0, 0.05) is 31.4 Å². The number of nitrogens with one attached hydrogen (secondary N) is 3. The normalized spacial score (nSPS) is 21.0. The van der Waals surface area contributed by atoms with Crippen LogP contribution >= 0.6 is 0 Å². The molecule has 0 saturated carbocycles. The number of methoxy groups -OCH3 is 1. The predicted octanol–water partition coefficient (Wildman–Crippen LogP) is 5.56. The van der Waals surface area contributed by atoms with Crippen molar-refractivity contribution < 1.29 is 22.7 Å². The molecule has 220 valence electrons. The maximum Gasteiger partial charge on any atom is 0.320 e. The van der Waals surface area contributed by atoms with Crippen LogP contribution in [0.25, 0.3) is 16.6 Å². The largest absolute Gasteiger partial charge is 0.479 e. The zero-order valence-corrected chi connectivity index (χ0v) is 23.0. The summed E-state index contributed by atoms with van der Waals surface area (Å²) in [7, 11) is 1.47. The molecule has 0 aliphatic carbocycles. The number of likely N-dealkylation sites (tertiary alicyclic amines) is 2. The van der Waals surface area contributed by atoms with Gasteiger partial charge in [-0.05, 0) is 49.4 Å². The Hall–Kier alpha value is -4.10. The lowest BCUT2D eigenvalue weighted by molar-refractivity contribution is 0.0378. The first-order chi connectivity index (χ1) is 19.8. The molecule has 5 rings (SSSR count). The van der Waals surface area contributed by atoms with Crippen LogP contribution in [0.1, 0.15) is 32.6 Å². The number of benzene rings is 1. The van der Waals surface area contributed by atoms with Crippen molar-refractivity contribution in [1.82, 2.24) is 24.4 Å². The number of hydrogen-bond acceptors (Lipinski definition) is 8. The summed E-state index contributed by atoms with van der Waals surface area (Å²) < 4.78 is 49.0. The molecule has 2 saturated heterocycles. The average molecular weight is 574 g/mol. The number of rotatable bonds is 9. The van der Waals surface area contributed by atoms with E-state index >= 15 is 4.39 Å². The fourth-order valence-corrected chi connectivity index (χ4v) is 5.60. The van der Waals surface area contributed by atoms with Gasteiger partial charge in [0.1, 0.15) is 16.9 Å². The van der Waals surface area contributed by atoms with E-state index in [-0.39, 0.29) is 36.5 Å². The second-order valence-corrected chi connectivity index (χ2v) is 10.4. The topological polar surface area (TPSA) is 123 Å². The van der Waals surface area contributed by atoms with Crippen LogP contribution in [-0.4, -0.2) is 88.4 Å². The molecule has 2 aliphatic rings. The van der Waals surface area contributed by atoms with Gasteiger partial charge in [0.15, 0.2) is 0 Å². The number of alkyl halides is 3. The predicted molar refractivity (Wildman–Crippen MR) is 148 cm³/mol. The van der Waals surface area contributed by atoms with E-state index in [0.717, 1.165) is 12.8 Å². The number of piperidine rings is 1. The van der Waals surface area contributed by atoms with E-state index in [1.165, 1.54) is 7.11 Å². The molecule has 14 heteroatoms. The third-order valence-electron chi connectivity index (χ3n) is 7.85. The quantitative estimate of drug-likeness (QED) is 0.288. The Balaban J connectivity index is 1.40. The summed E-state index contributed by atoms with van der Waals surface area (Å²) in [4.78, 5) is 20.8. The molecule has 3 aromatic rings. The summed E-state index contributed by atoms with van der Waals surface area (Å²) in [6.07, 6.45) is 1.69. The van der Waals surface area contributed by atoms with Crippen molar-refractivity contribution in [3.05, 3.63) is 30.5 Å². The number of urea groups is 1. The van der Waals surface area contributed by atoms with Crippen LogP contribution < -0.4 is 15.4 Å². The molecule has 2 aliphatic heterocycles. The fourth-order valence-electron chi connectivity index (χ4n) is 5.60. The van der Waals surface area contributed by atoms with Gasteiger partial charge in [0.2, 0.25) is 11.8 Å². The molecule has 2 fully saturated rings. The second-order valence-electron chi connectivity index (χ2n) is 10.4. The van der Waals surface area contributed by atoms with Gasteiger partial charge in [0.25, 0.3) is 6.43 Å². The lowest BCUT2D eigenvalue weighted by atomic mass is 9.87. The summed E-state index contributed by atoms with van der Waals surface area (Å²) in [5.41, 5.74) is 8.06. The molecule has 41 heavy (non-hydrogen) atoms. The summed E-state index contributed by atoms with van der Waals surface area (Å²) in [5, 5.41) is 13.7. The second kappa shape index (κ2) is 11.8. The number of aromatic nitrogens is 3. The van der Waals surface area contributed by atoms with Crippen LogP contribution in [0, 0.1) is 5.53 Å². The van der Waals surface area contributed by atoms with E-state index in [4.69, 9.17) is 10.3 Å². The minimum Gasteiger partial charge on any atom is -0.479 e. The SMILES string of the molecule is CCC1(F)CN(C(=O)N2CCCC2)CCC1Nc1nc(OC)c2c(-c3ccc(N=N)c(NCC(F)F)c3)ccn2n1. The number of hydrogen-bond donors (Lipinski definition) is 3. The Labute approximate surface area is 235 Å². The molecule has 2 amide bonds. The Morgan fingerprint density at radius 1 is 1.24 bits per heavy atom. The molecular weight excluding hydrogens is 539 g/mol. The first kappa shape index (κ1) is 28.4. The average Bonchev–Trinajstić information content (AvgIpc) is 3.67. The van der Waals surface area contributed by atoms with Gasteiger partial charge < -0.3 is 25.2 Å². The van der Waals surface area contributed by atoms with Crippen LogP contribution in [0.5, 0.6) is 5.88 Å². The Kier molecular flexibility index (Phi) is 8.18. The molecule has 2 unspecified atom stereocenters. The van der Waals surface area contributed by atoms with Crippen molar-refractivity contribution in [2.75, 3.05) is 50.5 Å². The van der Waals surface area contributed by atoms with Gasteiger partial charge in [-0.25, -0.2) is 28.0 Å². The number of anilines is 2. The molecule has 0 radical (unpaired) electrons. The zero-order valence-electron chi connectivity index (χ0n) is 23.0. The standard InChI is InChI=1S/C27H34F3N9O2/c1-3-27(30)16-38(26(40)37-10-4-5-11-37)12-9-21(27)33-25-34-24(41-2)23-18(8-13-39(23)36-25)17-6-7-19(35-31)20(14-17)32-15-22(28)29/h6-8,13-14,21-22,31-32H,3-5,9-12,15-16H2,1-2H3,(H,33,36). The van der Waals surface area contributed by atoms with E-state index in [1.54, 1.807) is 51.7 Å². The molecule has 0 bridgehead atoms. The molecule has 11 nitrogen and oxygen atoms in total. The minimum atomic E-state index is -2.57. The van der Waals surface area contributed by atoms with Crippen LogP contribution in [0.4, 0.5) is 35.3 Å². The zero-order chi connectivity index (χ0) is 29.1. The molecule has 1 aromatic carbocycles. The Bertz CT molecular complexity index is 1410. The summed E-state index contributed by atoms with van der Waals surface area (Å²) in [6, 6.07) is 5.98. The Morgan fingerprint density at radius 3 is 2.71 bits per heavy atom. The highest BCUT2D eigenvalue weighted by Crippen LogP contribution is 2.37. The van der Waals surface area contributed by atoms with Crippen molar-refractivity contribution >= 4 is 28.9 Å². The van der Waals surface area contributed by atoms with Crippen LogP contribution in [0.3, 0.4) is 0 Å². The third kappa shape index (κ3) is 5.72. The van der Waals surface area contributed by atoms with Gasteiger partial charge in [-0.1, -0.05) is 13.0 Å². The number of amides is 2. The fraction of sp³-hybridized carbons (Fsp3) is 0.519. The van der Waals surface area contributed by atoms with Gasteiger partial charge in [-0.3, -0.25) is 0 Å². The minimum absolute atomic E-state index is 0.00786. The van der Waals surface area contributed by atoms with Crippen LogP contribution in [0.2, 0.25) is 0 Å². The van der Waals surface area contributed by atoms with Crippen molar-refractivity contribution in [2.24, 2.45) is 5.11 Å². The van der Waals surface area contributed by atoms with E-state index < -0.39 is 24.7 Å². The highest BCUT2D eigenvalue weighted by molar-refractivity contribution is 5.87. The maximum absolute atomic E-state index is 16.2. The van der Waals surface area contributed by atoms with Gasteiger partial charge in [-0.2, -0.15) is 10.1 Å².